The first kappa shape index (κ1) is 19.7. The molecule has 0 saturated heterocycles. The van der Waals surface area contributed by atoms with E-state index >= 15 is 0 Å². The van der Waals surface area contributed by atoms with Crippen molar-refractivity contribution < 1.29 is 9.52 Å². The summed E-state index contributed by atoms with van der Waals surface area (Å²) in [5.41, 5.74) is 3.42. The van der Waals surface area contributed by atoms with Crippen LogP contribution in [-0.4, -0.2) is 36.4 Å². The molecule has 2 aromatic carbocycles. The lowest BCUT2D eigenvalue weighted by atomic mass is 10.1. The second kappa shape index (κ2) is 8.48. The van der Waals surface area contributed by atoms with Crippen molar-refractivity contribution in [3.05, 3.63) is 78.9 Å². The van der Waals surface area contributed by atoms with Crippen LogP contribution >= 0.6 is 0 Å². The minimum absolute atomic E-state index is 0.121. The van der Waals surface area contributed by atoms with Crippen LogP contribution in [0.1, 0.15) is 11.6 Å². The van der Waals surface area contributed by atoms with Crippen molar-refractivity contribution in [2.45, 2.75) is 6.04 Å². The highest BCUT2D eigenvalue weighted by Crippen LogP contribution is 2.29. The van der Waals surface area contributed by atoms with Crippen LogP contribution in [0.5, 0.6) is 0 Å². The number of nitrogens with zero attached hydrogens (tertiary/aromatic N) is 5. The molecule has 32 heavy (non-hydrogen) atoms. The minimum atomic E-state index is -0.375. The molecule has 0 aliphatic heterocycles. The van der Waals surface area contributed by atoms with E-state index in [2.05, 4.69) is 41.4 Å². The molecule has 0 radical (unpaired) electrons. The number of aliphatic hydroxyl groups is 1. The van der Waals surface area contributed by atoms with E-state index in [1.54, 1.807) is 6.20 Å². The first-order valence-corrected chi connectivity index (χ1v) is 10.1. The molecule has 0 amide bonds. The third kappa shape index (κ3) is 3.88. The predicted molar refractivity (Wildman–Crippen MR) is 121 cm³/mol. The van der Waals surface area contributed by atoms with Gasteiger partial charge in [-0.1, -0.05) is 36.4 Å². The maximum absolute atomic E-state index is 10.00. The molecule has 0 aliphatic carbocycles. The van der Waals surface area contributed by atoms with Gasteiger partial charge in [-0.15, -0.1) is 10.2 Å². The Morgan fingerprint density at radius 1 is 1.12 bits per heavy atom. The molecule has 9 nitrogen and oxygen atoms in total. The number of aliphatic hydroxyl groups excluding tert-OH is 1. The predicted octanol–water partition coefficient (Wildman–Crippen LogP) is 3.91. The number of hydrogen-bond donors (Lipinski definition) is 3. The van der Waals surface area contributed by atoms with Crippen molar-refractivity contribution in [3.8, 4) is 11.5 Å². The Morgan fingerprint density at radius 2 is 2.00 bits per heavy atom. The van der Waals surface area contributed by atoms with Gasteiger partial charge in [0, 0.05) is 30.6 Å². The summed E-state index contributed by atoms with van der Waals surface area (Å²) >= 11 is 0. The fourth-order valence-electron chi connectivity index (χ4n) is 3.55. The van der Waals surface area contributed by atoms with Crippen LogP contribution in [0.3, 0.4) is 0 Å². The van der Waals surface area contributed by atoms with Crippen LogP contribution in [0, 0.1) is 0 Å². The summed E-state index contributed by atoms with van der Waals surface area (Å²) in [6.45, 7) is -0.121. The largest absolute Gasteiger partial charge is 0.423 e. The first-order valence-electron chi connectivity index (χ1n) is 10.1. The second-order valence-corrected chi connectivity index (χ2v) is 7.32. The lowest BCUT2D eigenvalue weighted by Crippen LogP contribution is -2.17. The highest BCUT2D eigenvalue weighted by atomic mass is 16.4. The van der Waals surface area contributed by atoms with Crippen LogP contribution in [0.15, 0.2) is 77.8 Å². The molecular weight excluding hydrogens is 406 g/mol. The number of hydrogen-bond acceptors (Lipinski definition) is 8. The van der Waals surface area contributed by atoms with Crippen LogP contribution < -0.4 is 10.6 Å². The number of aryl methyl sites for hydroxylation is 1. The molecule has 0 fully saturated rings. The van der Waals surface area contributed by atoms with E-state index in [-0.39, 0.29) is 18.5 Å². The Bertz CT molecular complexity index is 1330. The van der Waals surface area contributed by atoms with Gasteiger partial charge >= 0.3 is 0 Å². The molecule has 1 atom stereocenters. The molecule has 5 rings (SSSR count). The van der Waals surface area contributed by atoms with E-state index in [9.17, 15) is 5.11 Å². The summed E-state index contributed by atoms with van der Waals surface area (Å²) < 4.78 is 7.42. The maximum Gasteiger partial charge on any atom is 0.252 e. The zero-order valence-electron chi connectivity index (χ0n) is 17.3. The molecule has 3 N–H and O–H groups in total. The van der Waals surface area contributed by atoms with E-state index in [0.29, 0.717) is 17.3 Å². The lowest BCUT2D eigenvalue weighted by molar-refractivity contribution is 0.276. The van der Waals surface area contributed by atoms with E-state index in [1.807, 2.05) is 61.8 Å². The number of fused-ring (bicyclic) bond motifs is 1. The molecule has 160 valence electrons. The Balaban J connectivity index is 1.49. The average Bonchev–Trinajstić information content (AvgIpc) is 3.49. The summed E-state index contributed by atoms with van der Waals surface area (Å²) in [5, 5.41) is 25.4. The molecule has 0 aliphatic rings. The maximum atomic E-state index is 10.00. The molecule has 0 spiro atoms. The van der Waals surface area contributed by atoms with Crippen LogP contribution in [-0.2, 0) is 7.05 Å². The zero-order valence-corrected chi connectivity index (χ0v) is 17.3. The molecule has 9 heteroatoms. The van der Waals surface area contributed by atoms with Crippen molar-refractivity contribution >= 4 is 28.4 Å². The summed E-state index contributed by atoms with van der Waals surface area (Å²) in [5.74, 6) is 1.15. The average molecular weight is 427 g/mol. The van der Waals surface area contributed by atoms with Gasteiger partial charge in [-0.25, -0.2) is 4.98 Å². The Labute approximate surface area is 183 Å². The van der Waals surface area contributed by atoms with Gasteiger partial charge in [-0.3, -0.25) is 0 Å². The quantitative estimate of drug-likeness (QED) is 0.358. The number of rotatable bonds is 7. The van der Waals surface area contributed by atoms with Crippen LogP contribution in [0.25, 0.3) is 22.4 Å². The van der Waals surface area contributed by atoms with Gasteiger partial charge in [0.05, 0.1) is 18.2 Å². The van der Waals surface area contributed by atoms with Crippen molar-refractivity contribution in [2.24, 2.45) is 7.05 Å². The Morgan fingerprint density at radius 3 is 2.78 bits per heavy atom. The lowest BCUT2D eigenvalue weighted by Gasteiger charge is -2.19. The standard InChI is InChI=1S/C23H21N7O2/c1-30-10-9-16-7-8-17(11-20(16)30)26-23-24-12-18(22-29-25-14-32-22)21(28-23)27-19(13-31)15-5-3-2-4-6-15/h2-12,14,19,31H,13H2,1H3,(H2,24,26,27,28)/t19-/m1/s1. The molecule has 5 aromatic rings. The number of aromatic nitrogens is 5. The molecule has 0 saturated carbocycles. The normalized spacial score (nSPS) is 12.1. The number of nitrogens with one attached hydrogen (secondary N) is 2. The molecular formula is C23H21N7O2. The summed E-state index contributed by atoms with van der Waals surface area (Å²) in [4.78, 5) is 9.08. The van der Waals surface area contributed by atoms with Gasteiger partial charge in [0.2, 0.25) is 12.3 Å². The molecule has 0 bridgehead atoms. The fraction of sp³-hybridized carbons (Fsp3) is 0.130. The SMILES string of the molecule is Cn1ccc2ccc(Nc3ncc(-c4nnco4)c(N[C@H](CO)c4ccccc4)n3)cc21. The van der Waals surface area contributed by atoms with Crippen LogP contribution in [0.4, 0.5) is 17.5 Å². The van der Waals surface area contributed by atoms with Gasteiger partial charge in [0.1, 0.15) is 5.82 Å². The molecule has 0 unspecified atom stereocenters. The third-order valence-electron chi connectivity index (χ3n) is 5.22. The van der Waals surface area contributed by atoms with Gasteiger partial charge in [0.25, 0.3) is 5.89 Å². The Kier molecular flexibility index (Phi) is 5.22. The van der Waals surface area contributed by atoms with E-state index < -0.39 is 0 Å². The summed E-state index contributed by atoms with van der Waals surface area (Å²) in [6, 6.07) is 17.4. The highest BCUT2D eigenvalue weighted by Gasteiger charge is 2.18. The van der Waals surface area contributed by atoms with Gasteiger partial charge in [-0.2, -0.15) is 4.98 Å². The Hall–Kier alpha value is -4.24. The first-order chi connectivity index (χ1) is 15.7. The van der Waals surface area contributed by atoms with Crippen molar-refractivity contribution in [1.29, 1.82) is 0 Å². The third-order valence-corrected chi connectivity index (χ3v) is 5.22. The van der Waals surface area contributed by atoms with E-state index in [0.717, 1.165) is 22.2 Å². The molecule has 3 heterocycles. The fourth-order valence-corrected chi connectivity index (χ4v) is 3.55. The summed E-state index contributed by atoms with van der Waals surface area (Å²) in [7, 11) is 2.00. The van der Waals surface area contributed by atoms with E-state index in [1.165, 1.54) is 6.39 Å². The van der Waals surface area contributed by atoms with Gasteiger partial charge in [-0.05, 0) is 29.1 Å². The monoisotopic (exact) mass is 427 g/mol. The van der Waals surface area contributed by atoms with Crippen molar-refractivity contribution in [1.82, 2.24) is 24.7 Å². The number of benzene rings is 2. The zero-order chi connectivity index (χ0) is 21.9. The summed E-state index contributed by atoms with van der Waals surface area (Å²) in [6.07, 6.45) is 4.89. The van der Waals surface area contributed by atoms with E-state index in [4.69, 9.17) is 4.42 Å². The van der Waals surface area contributed by atoms with Gasteiger partial charge in [0.15, 0.2) is 0 Å². The van der Waals surface area contributed by atoms with Gasteiger partial charge < -0.3 is 24.7 Å². The van der Waals surface area contributed by atoms with Crippen molar-refractivity contribution in [3.63, 3.8) is 0 Å². The smallest absolute Gasteiger partial charge is 0.252 e. The van der Waals surface area contributed by atoms with Crippen LogP contribution in [0.2, 0.25) is 0 Å². The van der Waals surface area contributed by atoms with Crippen molar-refractivity contribution in [2.75, 3.05) is 17.2 Å². The highest BCUT2D eigenvalue weighted by molar-refractivity contribution is 5.84. The minimum Gasteiger partial charge on any atom is -0.423 e. The number of anilines is 3. The topological polar surface area (TPSA) is 114 Å². The molecule has 3 aromatic heterocycles. The second-order valence-electron chi connectivity index (χ2n) is 7.32.